The number of ether oxygens (including phenoxy) is 2. The number of carbonyl (C=O) groups is 1. The summed E-state index contributed by atoms with van der Waals surface area (Å²) in [5, 5.41) is 0. The Bertz CT molecular complexity index is 126. The van der Waals surface area contributed by atoms with Crippen LogP contribution in [0, 0.1) is 0 Å². The molecular formula is C10H20O3. The Morgan fingerprint density at radius 1 is 1.38 bits per heavy atom. The third-order valence-corrected chi connectivity index (χ3v) is 1.72. The van der Waals surface area contributed by atoms with E-state index >= 15 is 0 Å². The molecule has 78 valence electrons. The standard InChI is InChI=1S/C10H20O3/c1-4-6-7-10(8-12-5-2)13-9(3)11/h10H,4-8H2,1-3H3. The fraction of sp³-hybridized carbons (Fsp3) is 0.900. The number of rotatable bonds is 7. The van der Waals surface area contributed by atoms with E-state index in [-0.39, 0.29) is 12.1 Å². The van der Waals surface area contributed by atoms with E-state index in [0.717, 1.165) is 19.3 Å². The van der Waals surface area contributed by atoms with Crippen LogP contribution < -0.4 is 0 Å². The number of esters is 1. The molecule has 0 aromatic heterocycles. The molecule has 0 radical (unpaired) electrons. The van der Waals surface area contributed by atoms with E-state index < -0.39 is 0 Å². The van der Waals surface area contributed by atoms with E-state index in [1.54, 1.807) is 0 Å². The van der Waals surface area contributed by atoms with Crippen LogP contribution in [0.1, 0.15) is 40.0 Å². The van der Waals surface area contributed by atoms with Gasteiger partial charge in [-0.25, -0.2) is 0 Å². The summed E-state index contributed by atoms with van der Waals surface area (Å²) in [7, 11) is 0. The molecule has 0 rings (SSSR count). The summed E-state index contributed by atoms with van der Waals surface area (Å²) in [6, 6.07) is 0. The Hall–Kier alpha value is -0.570. The van der Waals surface area contributed by atoms with Crippen molar-refractivity contribution in [3.63, 3.8) is 0 Å². The van der Waals surface area contributed by atoms with Crippen LogP contribution in [0.15, 0.2) is 0 Å². The van der Waals surface area contributed by atoms with Crippen LogP contribution in [-0.4, -0.2) is 25.3 Å². The molecule has 3 nitrogen and oxygen atoms in total. The van der Waals surface area contributed by atoms with Crippen LogP contribution in [0.5, 0.6) is 0 Å². The van der Waals surface area contributed by atoms with Gasteiger partial charge in [-0.3, -0.25) is 4.79 Å². The molecule has 0 spiro atoms. The summed E-state index contributed by atoms with van der Waals surface area (Å²) in [6.07, 6.45) is 3.03. The second-order valence-corrected chi connectivity index (χ2v) is 3.03. The summed E-state index contributed by atoms with van der Waals surface area (Å²) < 4.78 is 10.3. The highest BCUT2D eigenvalue weighted by molar-refractivity contribution is 5.66. The van der Waals surface area contributed by atoms with Gasteiger partial charge in [-0.05, 0) is 19.8 Å². The van der Waals surface area contributed by atoms with Crippen molar-refractivity contribution in [1.29, 1.82) is 0 Å². The fourth-order valence-corrected chi connectivity index (χ4v) is 1.09. The maximum Gasteiger partial charge on any atom is 0.302 e. The molecule has 3 heteroatoms. The molecule has 0 aromatic rings. The van der Waals surface area contributed by atoms with E-state index in [2.05, 4.69) is 6.92 Å². The second-order valence-electron chi connectivity index (χ2n) is 3.03. The van der Waals surface area contributed by atoms with Crippen molar-refractivity contribution in [2.45, 2.75) is 46.1 Å². The second kappa shape index (κ2) is 8.05. The van der Waals surface area contributed by atoms with E-state index in [1.165, 1.54) is 6.92 Å². The summed E-state index contributed by atoms with van der Waals surface area (Å²) >= 11 is 0. The Kier molecular flexibility index (Phi) is 7.69. The average molecular weight is 188 g/mol. The van der Waals surface area contributed by atoms with Gasteiger partial charge in [-0.1, -0.05) is 13.3 Å². The van der Waals surface area contributed by atoms with E-state index in [0.29, 0.717) is 13.2 Å². The highest BCUT2D eigenvalue weighted by atomic mass is 16.6. The van der Waals surface area contributed by atoms with Gasteiger partial charge >= 0.3 is 5.97 Å². The van der Waals surface area contributed by atoms with Crippen LogP contribution >= 0.6 is 0 Å². The third-order valence-electron chi connectivity index (χ3n) is 1.72. The summed E-state index contributed by atoms with van der Waals surface area (Å²) in [4.78, 5) is 10.7. The molecule has 0 saturated heterocycles. The maximum atomic E-state index is 10.7. The first kappa shape index (κ1) is 12.4. The molecule has 1 atom stereocenters. The first-order chi connectivity index (χ1) is 6.20. The molecule has 0 aliphatic carbocycles. The molecule has 1 unspecified atom stereocenters. The molecule has 0 aliphatic heterocycles. The van der Waals surface area contributed by atoms with Crippen LogP contribution in [0.25, 0.3) is 0 Å². The summed E-state index contributed by atoms with van der Waals surface area (Å²) in [5.74, 6) is -0.221. The Labute approximate surface area is 80.4 Å². The lowest BCUT2D eigenvalue weighted by molar-refractivity contribution is -0.149. The molecule has 0 saturated carbocycles. The van der Waals surface area contributed by atoms with Gasteiger partial charge in [0.25, 0.3) is 0 Å². The van der Waals surface area contributed by atoms with Crippen LogP contribution in [-0.2, 0) is 14.3 Å². The zero-order chi connectivity index (χ0) is 10.1. The molecule has 0 bridgehead atoms. The number of unbranched alkanes of at least 4 members (excludes halogenated alkanes) is 1. The van der Waals surface area contributed by atoms with Crippen molar-refractivity contribution in [1.82, 2.24) is 0 Å². The van der Waals surface area contributed by atoms with Gasteiger partial charge < -0.3 is 9.47 Å². The Morgan fingerprint density at radius 2 is 2.08 bits per heavy atom. The normalized spacial score (nSPS) is 12.5. The lowest BCUT2D eigenvalue weighted by Gasteiger charge is -2.16. The van der Waals surface area contributed by atoms with Crippen molar-refractivity contribution in [2.24, 2.45) is 0 Å². The van der Waals surface area contributed by atoms with Gasteiger partial charge in [0.2, 0.25) is 0 Å². The van der Waals surface area contributed by atoms with Crippen LogP contribution in [0.4, 0.5) is 0 Å². The molecule has 0 N–H and O–H groups in total. The van der Waals surface area contributed by atoms with Crippen LogP contribution in [0.3, 0.4) is 0 Å². The number of hydrogen-bond donors (Lipinski definition) is 0. The first-order valence-corrected chi connectivity index (χ1v) is 4.95. The fourth-order valence-electron chi connectivity index (χ4n) is 1.09. The molecular weight excluding hydrogens is 168 g/mol. The highest BCUT2D eigenvalue weighted by Gasteiger charge is 2.10. The van der Waals surface area contributed by atoms with Crippen molar-refractivity contribution in [3.05, 3.63) is 0 Å². The van der Waals surface area contributed by atoms with Crippen molar-refractivity contribution in [2.75, 3.05) is 13.2 Å². The van der Waals surface area contributed by atoms with Crippen LogP contribution in [0.2, 0.25) is 0 Å². The smallest absolute Gasteiger partial charge is 0.302 e. The van der Waals surface area contributed by atoms with Crippen molar-refractivity contribution >= 4 is 5.97 Å². The first-order valence-electron chi connectivity index (χ1n) is 4.95. The van der Waals surface area contributed by atoms with Gasteiger partial charge in [-0.2, -0.15) is 0 Å². The lowest BCUT2D eigenvalue weighted by atomic mass is 10.2. The molecule has 0 aliphatic rings. The quantitative estimate of drug-likeness (QED) is 0.574. The van der Waals surface area contributed by atoms with Crippen molar-refractivity contribution < 1.29 is 14.3 Å². The molecule has 0 amide bonds. The minimum atomic E-state index is -0.221. The largest absolute Gasteiger partial charge is 0.460 e. The zero-order valence-corrected chi connectivity index (χ0v) is 8.84. The van der Waals surface area contributed by atoms with Gasteiger partial charge in [0.15, 0.2) is 0 Å². The number of hydrogen-bond acceptors (Lipinski definition) is 3. The molecule has 13 heavy (non-hydrogen) atoms. The predicted octanol–water partition coefficient (Wildman–Crippen LogP) is 2.14. The summed E-state index contributed by atoms with van der Waals surface area (Å²) in [6.45, 7) is 6.68. The van der Waals surface area contributed by atoms with Gasteiger partial charge in [-0.15, -0.1) is 0 Å². The Morgan fingerprint density at radius 3 is 2.54 bits per heavy atom. The van der Waals surface area contributed by atoms with Gasteiger partial charge in [0.1, 0.15) is 6.10 Å². The van der Waals surface area contributed by atoms with E-state index in [9.17, 15) is 4.79 Å². The van der Waals surface area contributed by atoms with Gasteiger partial charge in [0.05, 0.1) is 6.61 Å². The van der Waals surface area contributed by atoms with E-state index in [1.807, 2.05) is 6.92 Å². The average Bonchev–Trinajstić information content (AvgIpc) is 2.09. The Balaban J connectivity index is 3.66. The topological polar surface area (TPSA) is 35.5 Å². The predicted molar refractivity (Wildman–Crippen MR) is 51.6 cm³/mol. The maximum absolute atomic E-state index is 10.7. The zero-order valence-electron chi connectivity index (χ0n) is 8.84. The number of carbonyl (C=O) groups excluding carboxylic acids is 1. The van der Waals surface area contributed by atoms with Gasteiger partial charge in [0, 0.05) is 13.5 Å². The third kappa shape index (κ3) is 7.78. The van der Waals surface area contributed by atoms with E-state index in [4.69, 9.17) is 9.47 Å². The SMILES string of the molecule is CCCCC(COCC)OC(C)=O. The summed E-state index contributed by atoms with van der Waals surface area (Å²) in [5.41, 5.74) is 0. The monoisotopic (exact) mass is 188 g/mol. The molecule has 0 fully saturated rings. The molecule has 0 aromatic carbocycles. The van der Waals surface area contributed by atoms with Crippen molar-refractivity contribution in [3.8, 4) is 0 Å². The highest BCUT2D eigenvalue weighted by Crippen LogP contribution is 2.05. The molecule has 0 heterocycles. The minimum absolute atomic E-state index is 0.0580. The minimum Gasteiger partial charge on any atom is -0.460 e. The lowest BCUT2D eigenvalue weighted by Crippen LogP contribution is -2.22.